The first-order valence-corrected chi connectivity index (χ1v) is 14.4. The van der Waals surface area contributed by atoms with Crippen molar-refractivity contribution in [2.45, 2.75) is 90.4 Å². The van der Waals surface area contributed by atoms with E-state index in [4.69, 9.17) is 9.16 Å². The Morgan fingerprint density at radius 2 is 1.83 bits per heavy atom. The van der Waals surface area contributed by atoms with E-state index in [0.29, 0.717) is 19.1 Å². The number of nitrogens with zero attached hydrogens (tertiary/aromatic N) is 1. The molecular formula is C25H43NO2Si. The van der Waals surface area contributed by atoms with Crippen molar-refractivity contribution in [3.05, 3.63) is 23.8 Å². The standard InChI is InChI=1S/C25H43NO2Si/c1-18-10-13-22-21(16-18)20-12-11-19(17-23(20)26(7)25(22,5)6)27-14-15-28-29(8,9)24(2,3)4/h11-12,17-18,21-22H,10,13-16H2,1-9H3/t18-,21+,22-/m1/s1. The summed E-state index contributed by atoms with van der Waals surface area (Å²) in [7, 11) is 0.550. The van der Waals surface area contributed by atoms with Crippen LogP contribution in [0.4, 0.5) is 5.69 Å². The highest BCUT2D eigenvalue weighted by Gasteiger charge is 2.46. The third-order valence-corrected chi connectivity index (χ3v) is 12.8. The zero-order chi connectivity index (χ0) is 21.6. The largest absolute Gasteiger partial charge is 0.491 e. The second-order valence-electron chi connectivity index (χ2n) is 11.5. The monoisotopic (exact) mass is 417 g/mol. The molecule has 1 aromatic rings. The molecule has 3 rings (SSSR count). The second kappa shape index (κ2) is 7.92. The highest BCUT2D eigenvalue weighted by molar-refractivity contribution is 6.74. The van der Waals surface area contributed by atoms with Crippen LogP contribution in [0.15, 0.2) is 18.2 Å². The molecular weight excluding hydrogens is 374 g/mol. The van der Waals surface area contributed by atoms with E-state index in [1.807, 2.05) is 0 Å². The van der Waals surface area contributed by atoms with Gasteiger partial charge in [0.05, 0.1) is 6.61 Å². The number of hydrogen-bond acceptors (Lipinski definition) is 3. The van der Waals surface area contributed by atoms with Crippen LogP contribution in [0.25, 0.3) is 0 Å². The molecule has 1 saturated carbocycles. The molecule has 1 heterocycles. The van der Waals surface area contributed by atoms with Crippen molar-refractivity contribution in [3.8, 4) is 5.75 Å². The fraction of sp³-hybridized carbons (Fsp3) is 0.760. The third-order valence-electron chi connectivity index (χ3n) is 8.27. The summed E-state index contributed by atoms with van der Waals surface area (Å²) in [5.74, 6) is 3.20. The van der Waals surface area contributed by atoms with E-state index in [2.05, 4.69) is 84.8 Å². The van der Waals surface area contributed by atoms with Crippen molar-refractivity contribution in [2.75, 3.05) is 25.2 Å². The van der Waals surface area contributed by atoms with Crippen LogP contribution >= 0.6 is 0 Å². The predicted octanol–water partition coefficient (Wildman–Crippen LogP) is 6.84. The van der Waals surface area contributed by atoms with Crippen molar-refractivity contribution in [1.29, 1.82) is 0 Å². The van der Waals surface area contributed by atoms with Gasteiger partial charge in [0.25, 0.3) is 0 Å². The molecule has 1 aromatic carbocycles. The Morgan fingerprint density at radius 3 is 2.48 bits per heavy atom. The lowest BCUT2D eigenvalue weighted by molar-refractivity contribution is 0.156. The first-order chi connectivity index (χ1) is 13.3. The van der Waals surface area contributed by atoms with E-state index in [1.165, 1.54) is 30.5 Å². The molecule has 4 heteroatoms. The zero-order valence-electron chi connectivity index (χ0n) is 20.3. The van der Waals surface area contributed by atoms with Gasteiger partial charge in [-0.15, -0.1) is 0 Å². The molecule has 1 aliphatic carbocycles. The van der Waals surface area contributed by atoms with Gasteiger partial charge in [0.2, 0.25) is 0 Å². The minimum absolute atomic E-state index is 0.182. The molecule has 0 bridgehead atoms. The quantitative estimate of drug-likeness (QED) is 0.387. The molecule has 2 aliphatic rings. The fourth-order valence-corrected chi connectivity index (χ4v) is 6.05. The number of benzene rings is 1. The SMILES string of the molecule is C[C@@H]1CC[C@@H]2[C@@H](C1)c1ccc(OCCO[Si](C)(C)C(C)(C)C)cc1N(C)C2(C)C. The Balaban J connectivity index is 1.71. The van der Waals surface area contributed by atoms with E-state index in [0.717, 1.165) is 17.6 Å². The van der Waals surface area contributed by atoms with Gasteiger partial charge in [0.1, 0.15) is 12.4 Å². The topological polar surface area (TPSA) is 21.7 Å². The van der Waals surface area contributed by atoms with E-state index in [-0.39, 0.29) is 10.6 Å². The van der Waals surface area contributed by atoms with E-state index < -0.39 is 8.32 Å². The smallest absolute Gasteiger partial charge is 0.192 e. The van der Waals surface area contributed by atoms with Gasteiger partial charge in [-0.3, -0.25) is 0 Å². The average Bonchev–Trinajstić information content (AvgIpc) is 2.62. The van der Waals surface area contributed by atoms with Crippen molar-refractivity contribution in [2.24, 2.45) is 11.8 Å². The number of ether oxygens (including phenoxy) is 1. The Bertz CT molecular complexity index is 722. The molecule has 29 heavy (non-hydrogen) atoms. The number of hydrogen-bond donors (Lipinski definition) is 0. The van der Waals surface area contributed by atoms with Crippen LogP contribution in [-0.4, -0.2) is 34.1 Å². The molecule has 0 saturated heterocycles. The summed E-state index contributed by atoms with van der Waals surface area (Å²) in [6.07, 6.45) is 4.02. The third kappa shape index (κ3) is 4.39. The summed E-state index contributed by atoms with van der Waals surface area (Å²) in [4.78, 5) is 2.50. The van der Waals surface area contributed by atoms with Crippen LogP contribution in [0.3, 0.4) is 0 Å². The van der Waals surface area contributed by atoms with E-state index in [9.17, 15) is 0 Å². The molecule has 0 radical (unpaired) electrons. The fourth-order valence-electron chi connectivity index (χ4n) is 5.02. The van der Waals surface area contributed by atoms with Gasteiger partial charge in [-0.2, -0.15) is 0 Å². The molecule has 0 aromatic heterocycles. The Kier molecular flexibility index (Phi) is 6.19. The van der Waals surface area contributed by atoms with Crippen LogP contribution in [-0.2, 0) is 4.43 Å². The van der Waals surface area contributed by atoms with Gasteiger partial charge in [0, 0.05) is 24.3 Å². The molecule has 1 fully saturated rings. The van der Waals surface area contributed by atoms with Crippen molar-refractivity contribution in [1.82, 2.24) is 0 Å². The van der Waals surface area contributed by atoms with E-state index in [1.54, 1.807) is 0 Å². The highest BCUT2D eigenvalue weighted by Crippen LogP contribution is 2.54. The summed E-state index contributed by atoms with van der Waals surface area (Å²) >= 11 is 0. The molecule has 0 N–H and O–H groups in total. The molecule has 0 spiro atoms. The predicted molar refractivity (Wildman–Crippen MR) is 127 cm³/mol. The number of rotatable bonds is 5. The minimum atomic E-state index is -1.71. The summed E-state index contributed by atoms with van der Waals surface area (Å²) in [5.41, 5.74) is 3.06. The first kappa shape index (κ1) is 22.7. The normalized spacial score (nSPS) is 26.7. The molecule has 3 atom stereocenters. The Hall–Kier alpha value is -1.00. The van der Waals surface area contributed by atoms with Gasteiger partial charge < -0.3 is 14.1 Å². The van der Waals surface area contributed by atoms with Crippen LogP contribution in [0, 0.1) is 11.8 Å². The number of anilines is 1. The Labute approximate surface area is 180 Å². The highest BCUT2D eigenvalue weighted by atomic mass is 28.4. The summed E-state index contributed by atoms with van der Waals surface area (Å²) in [6, 6.07) is 6.77. The minimum Gasteiger partial charge on any atom is -0.491 e. The van der Waals surface area contributed by atoms with Crippen LogP contribution in [0.5, 0.6) is 5.75 Å². The maximum Gasteiger partial charge on any atom is 0.192 e. The van der Waals surface area contributed by atoms with Crippen LogP contribution in [0.2, 0.25) is 18.1 Å². The summed E-state index contributed by atoms with van der Waals surface area (Å²) in [6.45, 7) is 20.0. The molecule has 0 unspecified atom stereocenters. The molecule has 0 amide bonds. The Morgan fingerprint density at radius 1 is 1.14 bits per heavy atom. The maximum atomic E-state index is 6.27. The summed E-state index contributed by atoms with van der Waals surface area (Å²) < 4.78 is 12.4. The lowest BCUT2D eigenvalue weighted by Crippen LogP contribution is -2.54. The lowest BCUT2D eigenvalue weighted by Gasteiger charge is -2.54. The van der Waals surface area contributed by atoms with Gasteiger partial charge in [0.15, 0.2) is 8.32 Å². The van der Waals surface area contributed by atoms with Crippen molar-refractivity contribution in [3.63, 3.8) is 0 Å². The van der Waals surface area contributed by atoms with Gasteiger partial charge in [-0.1, -0.05) is 40.2 Å². The van der Waals surface area contributed by atoms with Gasteiger partial charge in [-0.25, -0.2) is 0 Å². The van der Waals surface area contributed by atoms with Gasteiger partial charge in [-0.05, 0) is 74.2 Å². The van der Waals surface area contributed by atoms with E-state index >= 15 is 0 Å². The van der Waals surface area contributed by atoms with Crippen LogP contribution < -0.4 is 9.64 Å². The van der Waals surface area contributed by atoms with Crippen molar-refractivity contribution < 1.29 is 9.16 Å². The molecule has 3 nitrogen and oxygen atoms in total. The molecule has 1 aliphatic heterocycles. The summed E-state index contributed by atoms with van der Waals surface area (Å²) in [5, 5.41) is 0.237. The van der Waals surface area contributed by atoms with Gasteiger partial charge >= 0.3 is 0 Å². The maximum absolute atomic E-state index is 6.27. The second-order valence-corrected chi connectivity index (χ2v) is 16.3. The zero-order valence-corrected chi connectivity index (χ0v) is 21.3. The lowest BCUT2D eigenvalue weighted by atomic mass is 9.62. The average molecular weight is 418 g/mol. The van der Waals surface area contributed by atoms with Crippen LogP contribution in [0.1, 0.15) is 72.3 Å². The number of fused-ring (bicyclic) bond motifs is 3. The molecule has 164 valence electrons. The first-order valence-electron chi connectivity index (χ1n) is 11.5. The van der Waals surface area contributed by atoms with Crippen molar-refractivity contribution >= 4 is 14.0 Å².